The van der Waals surface area contributed by atoms with E-state index in [0.717, 1.165) is 66.8 Å². The molecule has 3 rings (SSSR count). The predicted octanol–water partition coefficient (Wildman–Crippen LogP) is 7.23. The zero-order valence-corrected chi connectivity index (χ0v) is 24.9. The lowest BCUT2D eigenvalue weighted by Gasteiger charge is -2.22. The molecule has 214 valence electrons. The van der Waals surface area contributed by atoms with Crippen molar-refractivity contribution in [2.45, 2.75) is 39.0 Å². The van der Waals surface area contributed by atoms with E-state index < -0.39 is 0 Å². The Balaban J connectivity index is 0.00000380. The third-order valence-corrected chi connectivity index (χ3v) is 6.82. The van der Waals surface area contributed by atoms with Gasteiger partial charge in [-0.1, -0.05) is 42.5 Å². The summed E-state index contributed by atoms with van der Waals surface area (Å²) < 4.78 is 26.9. The molecule has 0 aliphatic heterocycles. The minimum absolute atomic E-state index is 0. The van der Waals surface area contributed by atoms with Crippen LogP contribution >= 0.6 is 24.8 Å². The fourth-order valence-electron chi connectivity index (χ4n) is 4.72. The summed E-state index contributed by atoms with van der Waals surface area (Å²) in [6.07, 6.45) is 2.81. The number of carbonyl (C=O) groups excluding carboxylic acids is 1. The predicted molar refractivity (Wildman–Crippen MR) is 163 cm³/mol. The zero-order valence-electron chi connectivity index (χ0n) is 23.3. The van der Waals surface area contributed by atoms with Gasteiger partial charge in [0.15, 0.2) is 0 Å². The van der Waals surface area contributed by atoms with Crippen molar-refractivity contribution >= 4 is 36.4 Å². The van der Waals surface area contributed by atoms with Gasteiger partial charge in [0.25, 0.3) is 0 Å². The van der Waals surface area contributed by atoms with Crippen LogP contribution in [-0.2, 0) is 4.79 Å². The van der Waals surface area contributed by atoms with Gasteiger partial charge in [-0.05, 0) is 113 Å². The minimum atomic E-state index is -0.255. The van der Waals surface area contributed by atoms with Crippen LogP contribution in [0.5, 0.6) is 0 Å². The van der Waals surface area contributed by atoms with Gasteiger partial charge in [0.2, 0.25) is 5.91 Å². The average molecular weight is 581 g/mol. The van der Waals surface area contributed by atoms with Gasteiger partial charge in [0.05, 0.1) is 6.54 Å². The molecule has 0 aliphatic carbocycles. The molecule has 39 heavy (non-hydrogen) atoms. The van der Waals surface area contributed by atoms with Crippen molar-refractivity contribution in [1.29, 1.82) is 0 Å². The van der Waals surface area contributed by atoms with E-state index >= 15 is 0 Å². The third kappa shape index (κ3) is 11.2. The Morgan fingerprint density at radius 3 is 1.72 bits per heavy atom. The molecule has 3 aromatic rings. The average Bonchev–Trinajstić information content (AvgIpc) is 2.86. The number of benzene rings is 3. The molecular weight excluding hydrogens is 539 g/mol. The van der Waals surface area contributed by atoms with Crippen molar-refractivity contribution in [2.24, 2.45) is 0 Å². The number of carbonyl (C=O) groups is 1. The molecule has 0 unspecified atom stereocenters. The lowest BCUT2D eigenvalue weighted by atomic mass is 9.87. The maximum absolute atomic E-state index is 13.5. The molecule has 0 radical (unpaired) electrons. The number of hydrogen-bond donors (Lipinski definition) is 1. The molecule has 1 N–H and O–H groups in total. The maximum Gasteiger partial charge on any atom is 0.238 e. The van der Waals surface area contributed by atoms with Gasteiger partial charge >= 0.3 is 0 Å². The van der Waals surface area contributed by atoms with Crippen molar-refractivity contribution in [1.82, 2.24) is 9.80 Å². The Hall–Kier alpha value is -2.51. The van der Waals surface area contributed by atoms with Gasteiger partial charge in [0, 0.05) is 11.6 Å². The molecule has 0 saturated heterocycles. The van der Waals surface area contributed by atoms with Gasteiger partial charge in [-0.3, -0.25) is 9.69 Å². The van der Waals surface area contributed by atoms with Gasteiger partial charge in [0.1, 0.15) is 11.6 Å². The zero-order chi connectivity index (χ0) is 26.8. The second kappa shape index (κ2) is 17.2. The molecule has 8 heteroatoms. The van der Waals surface area contributed by atoms with Crippen LogP contribution < -0.4 is 5.32 Å². The van der Waals surface area contributed by atoms with E-state index in [1.165, 1.54) is 24.3 Å². The van der Waals surface area contributed by atoms with Crippen molar-refractivity contribution < 1.29 is 13.6 Å². The van der Waals surface area contributed by atoms with Gasteiger partial charge in [-0.15, -0.1) is 24.8 Å². The topological polar surface area (TPSA) is 35.6 Å². The summed E-state index contributed by atoms with van der Waals surface area (Å²) in [5.74, 6) is -0.416. The number of nitrogens with one attached hydrogen (secondary N) is 1. The first-order valence-corrected chi connectivity index (χ1v) is 13.0. The Kier molecular flexibility index (Phi) is 15.3. The molecule has 1 amide bonds. The highest BCUT2D eigenvalue weighted by molar-refractivity contribution is 5.93. The number of likely N-dealkylation sites (N-methyl/N-ethyl adjacent to an activating group) is 1. The molecular formula is C31H41Cl2F2N3O. The summed E-state index contributed by atoms with van der Waals surface area (Å²) in [5.41, 5.74) is 5.12. The van der Waals surface area contributed by atoms with Crippen molar-refractivity contribution in [2.75, 3.05) is 45.6 Å². The normalized spacial score (nSPS) is 10.9. The van der Waals surface area contributed by atoms with E-state index in [2.05, 4.69) is 22.2 Å². The number of hydrogen-bond acceptors (Lipinski definition) is 3. The second-order valence-electron chi connectivity index (χ2n) is 10.0. The Morgan fingerprint density at radius 2 is 1.21 bits per heavy atom. The summed E-state index contributed by atoms with van der Waals surface area (Å²) >= 11 is 0. The Bertz CT molecular complexity index is 1080. The van der Waals surface area contributed by atoms with Gasteiger partial charge in [-0.2, -0.15) is 0 Å². The van der Waals surface area contributed by atoms with Crippen LogP contribution in [0.3, 0.4) is 0 Å². The number of aryl methyl sites for hydroxylation is 2. The van der Waals surface area contributed by atoms with Crippen molar-refractivity contribution in [3.63, 3.8) is 0 Å². The van der Waals surface area contributed by atoms with Crippen LogP contribution in [0, 0.1) is 25.5 Å². The fraction of sp³-hybridized carbons (Fsp3) is 0.387. The number of anilines is 1. The SMILES string of the molecule is Cc1cccc(C)c1NC(=O)CN(C)CCCN(C)CCCC(c1ccc(F)cc1)c1ccc(F)cc1.Cl.Cl. The Morgan fingerprint density at radius 1 is 0.744 bits per heavy atom. The molecule has 3 aromatic carbocycles. The number of para-hydroxylation sites is 1. The summed E-state index contributed by atoms with van der Waals surface area (Å²) in [4.78, 5) is 16.8. The highest BCUT2D eigenvalue weighted by Crippen LogP contribution is 2.29. The first kappa shape index (κ1) is 34.5. The third-order valence-electron chi connectivity index (χ3n) is 6.82. The Labute approximate surface area is 244 Å². The lowest BCUT2D eigenvalue weighted by molar-refractivity contribution is -0.117. The van der Waals surface area contributed by atoms with Crippen LogP contribution in [0.25, 0.3) is 0 Å². The highest BCUT2D eigenvalue weighted by atomic mass is 35.5. The van der Waals surface area contributed by atoms with E-state index in [1.54, 1.807) is 0 Å². The van der Waals surface area contributed by atoms with Gasteiger partial charge < -0.3 is 10.2 Å². The maximum atomic E-state index is 13.5. The molecule has 0 aromatic heterocycles. The molecule has 0 spiro atoms. The number of halogens is 4. The van der Waals surface area contributed by atoms with Crippen molar-refractivity contribution in [3.8, 4) is 0 Å². The van der Waals surface area contributed by atoms with Crippen LogP contribution in [0.1, 0.15) is 47.4 Å². The molecule has 0 saturated carbocycles. The molecule has 4 nitrogen and oxygen atoms in total. The lowest BCUT2D eigenvalue weighted by Crippen LogP contribution is -2.33. The van der Waals surface area contributed by atoms with E-state index in [4.69, 9.17) is 0 Å². The van der Waals surface area contributed by atoms with Crippen LogP contribution in [0.2, 0.25) is 0 Å². The number of amides is 1. The van der Waals surface area contributed by atoms with Crippen molar-refractivity contribution in [3.05, 3.63) is 101 Å². The quantitative estimate of drug-likeness (QED) is 0.232. The first-order valence-electron chi connectivity index (χ1n) is 13.0. The number of rotatable bonds is 13. The molecule has 0 bridgehead atoms. The summed E-state index contributed by atoms with van der Waals surface area (Å²) in [5, 5.41) is 3.05. The van der Waals surface area contributed by atoms with Crippen LogP contribution in [-0.4, -0.2) is 56.0 Å². The largest absolute Gasteiger partial charge is 0.324 e. The minimum Gasteiger partial charge on any atom is -0.324 e. The summed E-state index contributed by atoms with van der Waals surface area (Å²) in [6, 6.07) is 19.2. The summed E-state index contributed by atoms with van der Waals surface area (Å²) in [7, 11) is 4.08. The van der Waals surface area contributed by atoms with Crippen LogP contribution in [0.15, 0.2) is 66.7 Å². The smallest absolute Gasteiger partial charge is 0.238 e. The molecule has 0 heterocycles. The van der Waals surface area contributed by atoms with E-state index in [1.807, 2.05) is 63.4 Å². The fourth-order valence-corrected chi connectivity index (χ4v) is 4.72. The first-order chi connectivity index (χ1) is 17.7. The van der Waals surface area contributed by atoms with E-state index in [-0.39, 0.29) is 48.3 Å². The van der Waals surface area contributed by atoms with E-state index in [9.17, 15) is 13.6 Å². The second-order valence-corrected chi connectivity index (χ2v) is 10.0. The molecule has 0 aliphatic rings. The molecule has 0 atom stereocenters. The standard InChI is InChI=1S/C31H39F2N3O.2ClH/c1-23-8-5-9-24(2)31(23)34-30(37)22-36(4)21-7-20-35(3)19-6-10-29(25-11-15-27(32)16-12-25)26-13-17-28(33)18-14-26;;/h5,8-9,11-18,29H,6-7,10,19-22H2,1-4H3,(H,34,37);2*1H. The molecule has 0 fully saturated rings. The summed E-state index contributed by atoms with van der Waals surface area (Å²) in [6.45, 7) is 7.05. The monoisotopic (exact) mass is 579 g/mol. The van der Waals surface area contributed by atoms with Gasteiger partial charge in [-0.25, -0.2) is 8.78 Å². The number of nitrogens with zero attached hydrogens (tertiary/aromatic N) is 2. The van der Waals surface area contributed by atoms with E-state index in [0.29, 0.717) is 6.54 Å². The highest BCUT2D eigenvalue weighted by Gasteiger charge is 2.15. The van der Waals surface area contributed by atoms with Crippen LogP contribution in [0.4, 0.5) is 14.5 Å².